The normalized spacial score (nSPS) is 16.8. The van der Waals surface area contributed by atoms with Crippen LogP contribution in [0.5, 0.6) is 0 Å². The van der Waals surface area contributed by atoms with Gasteiger partial charge in [0.15, 0.2) is 0 Å². The summed E-state index contributed by atoms with van der Waals surface area (Å²) in [5.41, 5.74) is 3.56. The van der Waals surface area contributed by atoms with Gasteiger partial charge in [0.05, 0.1) is 22.9 Å². The van der Waals surface area contributed by atoms with Crippen LogP contribution in [0.1, 0.15) is 43.9 Å². The molecule has 0 unspecified atom stereocenters. The number of rotatable bonds is 3. The largest absolute Gasteiger partial charge is 0.368 e. The predicted molar refractivity (Wildman–Crippen MR) is 100 cm³/mol. The summed E-state index contributed by atoms with van der Waals surface area (Å²) in [7, 11) is 0. The minimum Gasteiger partial charge on any atom is -0.368 e. The zero-order valence-corrected chi connectivity index (χ0v) is 15.1. The lowest BCUT2D eigenvalue weighted by molar-refractivity contribution is 0.415. The molecule has 0 aliphatic carbocycles. The van der Waals surface area contributed by atoms with Crippen molar-refractivity contribution in [3.05, 3.63) is 54.0 Å². The average molecular weight is 346 g/mol. The number of benzene rings is 1. The Morgan fingerprint density at radius 2 is 1.88 bits per heavy atom. The van der Waals surface area contributed by atoms with E-state index in [1.165, 1.54) is 0 Å². The van der Waals surface area contributed by atoms with Gasteiger partial charge in [-0.05, 0) is 30.4 Å². The summed E-state index contributed by atoms with van der Waals surface area (Å²) in [5, 5.41) is 22.8. The maximum atomic E-state index is 9.90. The predicted octanol–water partition coefficient (Wildman–Crippen LogP) is 3.31. The minimum absolute atomic E-state index is 0.327. The van der Waals surface area contributed by atoms with Crippen LogP contribution in [0.15, 0.2) is 42.7 Å². The van der Waals surface area contributed by atoms with Crippen molar-refractivity contribution >= 4 is 11.3 Å². The monoisotopic (exact) mass is 346 g/mol. The van der Waals surface area contributed by atoms with E-state index in [0.29, 0.717) is 5.92 Å². The van der Waals surface area contributed by atoms with E-state index in [2.05, 4.69) is 58.3 Å². The second kappa shape index (κ2) is 6.41. The molecule has 1 aromatic carbocycles. The third-order valence-electron chi connectivity index (χ3n) is 5.36. The van der Waals surface area contributed by atoms with E-state index in [-0.39, 0.29) is 0 Å². The molecule has 4 rings (SSSR count). The van der Waals surface area contributed by atoms with Crippen LogP contribution < -0.4 is 4.90 Å². The van der Waals surface area contributed by atoms with E-state index < -0.39 is 5.41 Å². The molecule has 26 heavy (non-hydrogen) atoms. The van der Waals surface area contributed by atoms with Gasteiger partial charge in [-0.1, -0.05) is 44.2 Å². The Morgan fingerprint density at radius 1 is 1.15 bits per heavy atom. The molecule has 1 saturated heterocycles. The molecule has 0 spiro atoms. The first kappa shape index (κ1) is 16.5. The van der Waals surface area contributed by atoms with Gasteiger partial charge in [0.25, 0.3) is 0 Å². The van der Waals surface area contributed by atoms with Crippen LogP contribution in [0, 0.1) is 11.3 Å². The van der Waals surface area contributed by atoms with Crippen molar-refractivity contribution in [2.75, 3.05) is 18.0 Å². The molecule has 0 atom stereocenters. The summed E-state index contributed by atoms with van der Waals surface area (Å²) in [5.74, 6) is 0.327. The van der Waals surface area contributed by atoms with Crippen LogP contribution in [0.25, 0.3) is 5.65 Å². The standard InChI is InChI=1S/C20H22N6/c1-15(2)17-12-18(19-23-22-14-26(19)24-17)25-10-8-20(13-21,9-11-25)16-6-4-3-5-7-16/h3-7,12,14-15H,8-11H2,1-2H3. The summed E-state index contributed by atoms with van der Waals surface area (Å²) in [4.78, 5) is 2.32. The fourth-order valence-corrected chi connectivity index (χ4v) is 3.70. The SMILES string of the molecule is CC(C)c1cc(N2CCC(C#N)(c3ccccc3)CC2)c2nncn2n1. The molecule has 2 aromatic heterocycles. The number of anilines is 1. The minimum atomic E-state index is -0.407. The number of hydrogen-bond acceptors (Lipinski definition) is 5. The van der Waals surface area contributed by atoms with Gasteiger partial charge in [-0.15, -0.1) is 10.2 Å². The van der Waals surface area contributed by atoms with Gasteiger partial charge in [0, 0.05) is 13.1 Å². The highest BCUT2D eigenvalue weighted by atomic mass is 15.4. The molecule has 6 heteroatoms. The van der Waals surface area contributed by atoms with Gasteiger partial charge in [-0.25, -0.2) is 0 Å². The molecule has 1 aliphatic rings. The number of aromatic nitrogens is 4. The van der Waals surface area contributed by atoms with Crippen LogP contribution in [0.2, 0.25) is 0 Å². The number of piperidine rings is 1. The molecule has 6 nitrogen and oxygen atoms in total. The Labute approximate surface area is 153 Å². The number of fused-ring (bicyclic) bond motifs is 1. The Morgan fingerprint density at radius 3 is 2.54 bits per heavy atom. The molecule has 1 fully saturated rings. The second-order valence-corrected chi connectivity index (χ2v) is 7.26. The molecular weight excluding hydrogens is 324 g/mol. The van der Waals surface area contributed by atoms with Crippen LogP contribution in [-0.2, 0) is 5.41 Å². The molecule has 1 aliphatic heterocycles. The van der Waals surface area contributed by atoms with Gasteiger partial charge < -0.3 is 4.90 Å². The molecule has 0 N–H and O–H groups in total. The first-order chi connectivity index (χ1) is 12.6. The molecular formula is C20H22N6. The molecule has 3 aromatic rings. The van der Waals surface area contributed by atoms with E-state index in [1.54, 1.807) is 10.8 Å². The molecule has 0 radical (unpaired) electrons. The summed E-state index contributed by atoms with van der Waals surface area (Å²) in [6.45, 7) is 5.89. The van der Waals surface area contributed by atoms with Crippen LogP contribution >= 0.6 is 0 Å². The molecule has 132 valence electrons. The Kier molecular flexibility index (Phi) is 4.08. The summed E-state index contributed by atoms with van der Waals surface area (Å²) in [6.07, 6.45) is 3.25. The highest BCUT2D eigenvalue weighted by Crippen LogP contribution is 2.37. The van der Waals surface area contributed by atoms with Crippen molar-refractivity contribution in [1.82, 2.24) is 19.8 Å². The number of nitrogens with zero attached hydrogens (tertiary/aromatic N) is 6. The van der Waals surface area contributed by atoms with Gasteiger partial charge >= 0.3 is 0 Å². The van der Waals surface area contributed by atoms with Gasteiger partial charge in [-0.3, -0.25) is 0 Å². The molecule has 0 saturated carbocycles. The Bertz CT molecular complexity index is 945. The van der Waals surface area contributed by atoms with Gasteiger partial charge in [-0.2, -0.15) is 14.9 Å². The maximum Gasteiger partial charge on any atom is 0.200 e. The van der Waals surface area contributed by atoms with Gasteiger partial charge in [0.1, 0.15) is 6.33 Å². The lowest BCUT2D eigenvalue weighted by atomic mass is 9.74. The molecule has 0 amide bonds. The Balaban J connectivity index is 1.65. The van der Waals surface area contributed by atoms with Crippen LogP contribution in [-0.4, -0.2) is 32.9 Å². The number of nitriles is 1. The zero-order valence-electron chi connectivity index (χ0n) is 15.1. The topological polar surface area (TPSA) is 70.1 Å². The molecule has 0 bridgehead atoms. The van der Waals surface area contributed by atoms with Crippen molar-refractivity contribution < 1.29 is 0 Å². The van der Waals surface area contributed by atoms with E-state index in [1.807, 2.05) is 18.2 Å². The van der Waals surface area contributed by atoms with Crippen LogP contribution in [0.3, 0.4) is 0 Å². The number of hydrogen-bond donors (Lipinski definition) is 0. The summed E-state index contributed by atoms with van der Waals surface area (Å²) in [6, 6.07) is 14.9. The van der Waals surface area contributed by atoms with Crippen LogP contribution in [0.4, 0.5) is 5.69 Å². The summed E-state index contributed by atoms with van der Waals surface area (Å²) >= 11 is 0. The van der Waals surface area contributed by atoms with Crippen molar-refractivity contribution in [2.45, 2.75) is 38.0 Å². The maximum absolute atomic E-state index is 9.90. The van der Waals surface area contributed by atoms with Crippen molar-refractivity contribution in [1.29, 1.82) is 5.26 Å². The van der Waals surface area contributed by atoms with E-state index in [9.17, 15) is 5.26 Å². The van der Waals surface area contributed by atoms with Crippen molar-refractivity contribution in [3.8, 4) is 6.07 Å². The highest BCUT2D eigenvalue weighted by molar-refractivity contribution is 5.68. The summed E-state index contributed by atoms with van der Waals surface area (Å²) < 4.78 is 1.76. The lowest BCUT2D eigenvalue weighted by Crippen LogP contribution is -2.42. The van der Waals surface area contributed by atoms with E-state index in [0.717, 1.165) is 48.5 Å². The molecule has 3 heterocycles. The fraction of sp³-hybridized carbons (Fsp3) is 0.400. The highest BCUT2D eigenvalue weighted by Gasteiger charge is 2.37. The second-order valence-electron chi connectivity index (χ2n) is 7.26. The Hall–Kier alpha value is -2.94. The first-order valence-electron chi connectivity index (χ1n) is 9.06. The average Bonchev–Trinajstić information content (AvgIpc) is 3.17. The van der Waals surface area contributed by atoms with Gasteiger partial charge in [0.2, 0.25) is 5.65 Å². The zero-order chi connectivity index (χ0) is 18.1. The van der Waals surface area contributed by atoms with Crippen molar-refractivity contribution in [2.24, 2.45) is 0 Å². The smallest absolute Gasteiger partial charge is 0.200 e. The fourth-order valence-electron chi connectivity index (χ4n) is 3.70. The van der Waals surface area contributed by atoms with E-state index >= 15 is 0 Å². The quantitative estimate of drug-likeness (QED) is 0.728. The third-order valence-corrected chi connectivity index (χ3v) is 5.36. The first-order valence-corrected chi connectivity index (χ1v) is 9.06. The lowest BCUT2D eigenvalue weighted by Gasteiger charge is -2.38. The third kappa shape index (κ3) is 2.70. The van der Waals surface area contributed by atoms with Crippen molar-refractivity contribution in [3.63, 3.8) is 0 Å². The van der Waals surface area contributed by atoms with E-state index in [4.69, 9.17) is 0 Å².